The Morgan fingerprint density at radius 2 is 2.24 bits per heavy atom. The maximum Gasteiger partial charge on any atom is 0.255 e. The van der Waals surface area contributed by atoms with E-state index in [1.54, 1.807) is 0 Å². The number of amides is 1. The number of carbonyl (C=O) groups is 1. The third kappa shape index (κ3) is 3.09. The topological polar surface area (TPSA) is 32.3 Å². The molecule has 1 aromatic carbocycles. The van der Waals surface area contributed by atoms with Gasteiger partial charge < -0.3 is 10.2 Å². The molecular weight excluding hydrogens is 348 g/mol. The fraction of sp³-hybridized carbons (Fsp3) is 0.417. The summed E-state index contributed by atoms with van der Waals surface area (Å²) in [6, 6.07) is 6.03. The van der Waals surface area contributed by atoms with Crippen molar-refractivity contribution >= 4 is 37.8 Å². The highest BCUT2D eigenvalue weighted by atomic mass is 79.9. The molecule has 1 fully saturated rings. The number of hydrogen-bond donors (Lipinski definition) is 1. The summed E-state index contributed by atoms with van der Waals surface area (Å²) in [6.45, 7) is 4.48. The fourth-order valence-corrected chi connectivity index (χ4v) is 2.73. The molecule has 2 rings (SSSR count). The second-order valence-corrected chi connectivity index (χ2v) is 6.00. The first kappa shape index (κ1) is 13.1. The van der Waals surface area contributed by atoms with Crippen LogP contribution in [0, 0.1) is 0 Å². The molecule has 0 bridgehead atoms. The maximum atomic E-state index is 12.4. The zero-order chi connectivity index (χ0) is 12.4. The molecule has 92 valence electrons. The molecular formula is C12H14Br2N2O. The normalized spacial score (nSPS) is 20.4. The maximum absolute atomic E-state index is 12.4. The Morgan fingerprint density at radius 3 is 2.94 bits per heavy atom. The smallest absolute Gasteiger partial charge is 0.255 e. The minimum atomic E-state index is 0.0894. The standard InChI is InChI=1S/C12H14Br2N2O/c1-8-7-16(5-4-15-8)12(17)10-6-9(13)2-3-11(10)14/h2-3,6,8,15H,4-5,7H2,1H3/t8-/m1/s1. The summed E-state index contributed by atoms with van der Waals surface area (Å²) < 4.78 is 1.77. The lowest BCUT2D eigenvalue weighted by molar-refractivity contribution is 0.0708. The Labute approximate surface area is 118 Å². The number of rotatable bonds is 1. The van der Waals surface area contributed by atoms with Crippen molar-refractivity contribution < 1.29 is 4.79 Å². The van der Waals surface area contributed by atoms with E-state index in [0.29, 0.717) is 11.6 Å². The van der Waals surface area contributed by atoms with Crippen LogP contribution in [0.15, 0.2) is 27.1 Å². The van der Waals surface area contributed by atoms with Crippen LogP contribution in [0.2, 0.25) is 0 Å². The Balaban J connectivity index is 2.21. The van der Waals surface area contributed by atoms with Crippen LogP contribution in [0.5, 0.6) is 0 Å². The van der Waals surface area contributed by atoms with E-state index in [4.69, 9.17) is 0 Å². The van der Waals surface area contributed by atoms with E-state index >= 15 is 0 Å². The summed E-state index contributed by atoms with van der Waals surface area (Å²) in [6.07, 6.45) is 0. The highest BCUT2D eigenvalue weighted by molar-refractivity contribution is 9.11. The summed E-state index contributed by atoms with van der Waals surface area (Å²) in [5.74, 6) is 0.0894. The number of halogens is 2. The van der Waals surface area contributed by atoms with Gasteiger partial charge in [-0.3, -0.25) is 4.79 Å². The van der Waals surface area contributed by atoms with Crippen molar-refractivity contribution in [1.82, 2.24) is 10.2 Å². The molecule has 0 radical (unpaired) electrons. The average Bonchev–Trinajstić information content (AvgIpc) is 2.31. The predicted octanol–water partition coefficient (Wildman–Crippen LogP) is 2.65. The zero-order valence-electron chi connectivity index (χ0n) is 9.54. The molecule has 1 amide bonds. The molecule has 0 saturated carbocycles. The van der Waals surface area contributed by atoms with Gasteiger partial charge in [-0.05, 0) is 41.1 Å². The van der Waals surface area contributed by atoms with Crippen LogP contribution in [-0.4, -0.2) is 36.5 Å². The summed E-state index contributed by atoms with van der Waals surface area (Å²) in [5.41, 5.74) is 0.716. The van der Waals surface area contributed by atoms with Crippen LogP contribution >= 0.6 is 31.9 Å². The lowest BCUT2D eigenvalue weighted by Gasteiger charge is -2.32. The van der Waals surface area contributed by atoms with E-state index < -0.39 is 0 Å². The van der Waals surface area contributed by atoms with Crippen molar-refractivity contribution in [3.05, 3.63) is 32.7 Å². The average molecular weight is 362 g/mol. The SMILES string of the molecule is C[C@@H]1CN(C(=O)c2cc(Br)ccc2Br)CCN1. The molecule has 3 nitrogen and oxygen atoms in total. The Kier molecular flexibility index (Phi) is 4.22. The molecule has 1 aliphatic heterocycles. The van der Waals surface area contributed by atoms with E-state index in [9.17, 15) is 4.79 Å². The number of benzene rings is 1. The van der Waals surface area contributed by atoms with Crippen molar-refractivity contribution in [3.63, 3.8) is 0 Å². The summed E-state index contributed by atoms with van der Waals surface area (Å²) in [5, 5.41) is 3.33. The molecule has 1 aromatic rings. The number of nitrogens with zero attached hydrogens (tertiary/aromatic N) is 1. The molecule has 0 unspecified atom stereocenters. The van der Waals surface area contributed by atoms with Crippen molar-refractivity contribution in [2.45, 2.75) is 13.0 Å². The van der Waals surface area contributed by atoms with Crippen LogP contribution in [0.25, 0.3) is 0 Å². The van der Waals surface area contributed by atoms with Gasteiger partial charge in [-0.2, -0.15) is 0 Å². The zero-order valence-corrected chi connectivity index (χ0v) is 12.7. The monoisotopic (exact) mass is 360 g/mol. The van der Waals surface area contributed by atoms with Crippen molar-refractivity contribution in [2.75, 3.05) is 19.6 Å². The minimum Gasteiger partial charge on any atom is -0.336 e. The molecule has 1 aliphatic rings. The second kappa shape index (κ2) is 5.50. The number of hydrogen-bond acceptors (Lipinski definition) is 2. The largest absolute Gasteiger partial charge is 0.336 e. The molecule has 0 spiro atoms. The first-order valence-electron chi connectivity index (χ1n) is 5.55. The summed E-state index contributed by atoms with van der Waals surface area (Å²) >= 11 is 6.83. The van der Waals surface area contributed by atoms with E-state index in [1.807, 2.05) is 23.1 Å². The van der Waals surface area contributed by atoms with Gasteiger partial charge in [0, 0.05) is 34.6 Å². The Morgan fingerprint density at radius 1 is 1.47 bits per heavy atom. The van der Waals surface area contributed by atoms with Gasteiger partial charge in [0.25, 0.3) is 5.91 Å². The molecule has 5 heteroatoms. The summed E-state index contributed by atoms with van der Waals surface area (Å²) in [4.78, 5) is 14.3. The highest BCUT2D eigenvalue weighted by Gasteiger charge is 2.23. The van der Waals surface area contributed by atoms with Crippen molar-refractivity contribution in [2.24, 2.45) is 0 Å². The Hall–Kier alpha value is -0.390. The summed E-state index contributed by atoms with van der Waals surface area (Å²) in [7, 11) is 0. The molecule has 1 heterocycles. The van der Waals surface area contributed by atoms with Crippen LogP contribution in [0.3, 0.4) is 0 Å². The Bertz CT molecular complexity index is 437. The van der Waals surface area contributed by atoms with Crippen LogP contribution in [0.1, 0.15) is 17.3 Å². The molecule has 0 aromatic heterocycles. The van der Waals surface area contributed by atoms with Gasteiger partial charge in [-0.1, -0.05) is 15.9 Å². The number of piperazine rings is 1. The molecule has 1 saturated heterocycles. The quantitative estimate of drug-likeness (QED) is 0.833. The number of carbonyl (C=O) groups excluding carboxylic acids is 1. The first-order valence-corrected chi connectivity index (χ1v) is 7.14. The molecule has 1 N–H and O–H groups in total. The van der Waals surface area contributed by atoms with Crippen LogP contribution in [-0.2, 0) is 0 Å². The van der Waals surface area contributed by atoms with Gasteiger partial charge in [0.2, 0.25) is 0 Å². The first-order chi connectivity index (χ1) is 8.08. The second-order valence-electron chi connectivity index (χ2n) is 4.23. The molecule has 1 atom stereocenters. The van der Waals surface area contributed by atoms with Gasteiger partial charge in [-0.15, -0.1) is 0 Å². The lowest BCUT2D eigenvalue weighted by Crippen LogP contribution is -2.51. The molecule has 0 aliphatic carbocycles. The predicted molar refractivity (Wildman–Crippen MR) is 75.2 cm³/mol. The van der Waals surface area contributed by atoms with Gasteiger partial charge in [-0.25, -0.2) is 0 Å². The van der Waals surface area contributed by atoms with Gasteiger partial charge in [0.05, 0.1) is 5.56 Å². The van der Waals surface area contributed by atoms with E-state index in [1.165, 1.54) is 0 Å². The lowest BCUT2D eigenvalue weighted by atomic mass is 10.1. The van der Waals surface area contributed by atoms with Gasteiger partial charge >= 0.3 is 0 Å². The van der Waals surface area contributed by atoms with Crippen LogP contribution in [0.4, 0.5) is 0 Å². The van der Waals surface area contributed by atoms with Crippen molar-refractivity contribution in [3.8, 4) is 0 Å². The highest BCUT2D eigenvalue weighted by Crippen LogP contribution is 2.23. The van der Waals surface area contributed by atoms with Crippen LogP contribution < -0.4 is 5.32 Å². The van der Waals surface area contributed by atoms with E-state index in [2.05, 4.69) is 44.1 Å². The number of nitrogens with one attached hydrogen (secondary N) is 1. The molecule has 17 heavy (non-hydrogen) atoms. The third-order valence-corrected chi connectivity index (χ3v) is 4.00. The minimum absolute atomic E-state index is 0.0894. The third-order valence-electron chi connectivity index (χ3n) is 2.81. The van der Waals surface area contributed by atoms with Crippen molar-refractivity contribution in [1.29, 1.82) is 0 Å². The van der Waals surface area contributed by atoms with E-state index in [-0.39, 0.29) is 5.91 Å². The van der Waals surface area contributed by atoms with Gasteiger partial charge in [0.1, 0.15) is 0 Å². The van der Waals surface area contributed by atoms with E-state index in [0.717, 1.165) is 28.6 Å². The van der Waals surface area contributed by atoms with Gasteiger partial charge in [0.15, 0.2) is 0 Å². The fourth-order valence-electron chi connectivity index (χ4n) is 1.95.